The van der Waals surface area contributed by atoms with Crippen molar-refractivity contribution in [1.29, 1.82) is 0 Å². The lowest BCUT2D eigenvalue weighted by molar-refractivity contribution is -0.160. The van der Waals surface area contributed by atoms with Crippen LogP contribution in [0.4, 0.5) is 0 Å². The van der Waals surface area contributed by atoms with E-state index in [4.69, 9.17) is 4.74 Å². The fourth-order valence-electron chi connectivity index (χ4n) is 2.98. The Hall–Kier alpha value is -2.68. The molecule has 0 radical (unpaired) electrons. The van der Waals surface area contributed by atoms with Gasteiger partial charge >= 0.3 is 5.97 Å². The molecule has 0 aliphatic heterocycles. The smallest absolute Gasteiger partial charge is 0.309 e. The molecule has 2 aromatic carbocycles. The minimum Gasteiger partial charge on any atom is -0.460 e. The Morgan fingerprint density at radius 1 is 0.719 bits per heavy atom. The van der Waals surface area contributed by atoms with Gasteiger partial charge in [-0.25, -0.2) is 0 Å². The number of rotatable bonds is 7. The molecule has 3 heteroatoms. The van der Waals surface area contributed by atoms with Crippen molar-refractivity contribution < 1.29 is 14.3 Å². The van der Waals surface area contributed by atoms with Crippen molar-refractivity contribution in [3.63, 3.8) is 0 Å². The summed E-state index contributed by atoms with van der Waals surface area (Å²) in [6.45, 7) is 19.8. The predicted octanol–water partition coefficient (Wildman–Crippen LogP) is 7.48. The number of Topliss-reactive ketones (excluding diaryl/α,β-unsaturated/α-hetero) is 1. The van der Waals surface area contributed by atoms with Gasteiger partial charge in [0.25, 0.3) is 0 Å². The molecule has 0 aliphatic rings. The van der Waals surface area contributed by atoms with Gasteiger partial charge in [-0.05, 0) is 43.7 Å². The van der Waals surface area contributed by atoms with E-state index in [0.717, 1.165) is 16.7 Å². The van der Waals surface area contributed by atoms with Crippen LogP contribution >= 0.6 is 0 Å². The minimum atomic E-state index is -0.445. The first-order valence-corrected chi connectivity index (χ1v) is 11.4. The Labute approximate surface area is 194 Å². The highest BCUT2D eigenvalue weighted by Crippen LogP contribution is 2.29. The fourth-order valence-corrected chi connectivity index (χ4v) is 2.98. The summed E-state index contributed by atoms with van der Waals surface area (Å²) in [6.07, 6.45) is 0. The van der Waals surface area contributed by atoms with Crippen molar-refractivity contribution in [3.05, 3.63) is 78.4 Å². The van der Waals surface area contributed by atoms with Crippen molar-refractivity contribution in [2.75, 3.05) is 0 Å². The Balaban J connectivity index is 0.000000343. The highest BCUT2D eigenvalue weighted by molar-refractivity contribution is 5.97. The molecule has 0 unspecified atom stereocenters. The molecule has 0 heterocycles. The van der Waals surface area contributed by atoms with E-state index in [1.54, 1.807) is 0 Å². The van der Waals surface area contributed by atoms with Crippen molar-refractivity contribution in [3.8, 4) is 0 Å². The quantitative estimate of drug-likeness (QED) is 0.334. The highest BCUT2D eigenvalue weighted by Gasteiger charge is 2.27. The number of carbonyl (C=O) groups is 2. The van der Waals surface area contributed by atoms with Crippen LogP contribution in [0.3, 0.4) is 0 Å². The summed E-state index contributed by atoms with van der Waals surface area (Å²) in [7, 11) is 0. The van der Waals surface area contributed by atoms with Crippen LogP contribution in [0, 0.1) is 23.7 Å². The Kier molecular flexibility index (Phi) is 10.6. The molecule has 3 nitrogen and oxygen atoms in total. The summed E-state index contributed by atoms with van der Waals surface area (Å²) in [5, 5.41) is 0. The van der Waals surface area contributed by atoms with Gasteiger partial charge in [-0.3, -0.25) is 9.59 Å². The number of ether oxygens (including phenoxy) is 1. The fraction of sp³-hybridized carbons (Fsp3) is 0.448. The zero-order chi connectivity index (χ0) is 24.5. The number of hydrogen-bond donors (Lipinski definition) is 0. The van der Waals surface area contributed by atoms with Crippen molar-refractivity contribution in [2.24, 2.45) is 23.7 Å². The summed E-state index contributed by atoms with van der Waals surface area (Å²) >= 11 is 0. The number of esters is 1. The third kappa shape index (κ3) is 8.82. The average molecular weight is 437 g/mol. The van der Waals surface area contributed by atoms with Gasteiger partial charge in [0, 0.05) is 11.5 Å². The molecule has 0 saturated heterocycles. The molecule has 0 amide bonds. The lowest BCUT2D eigenvalue weighted by Crippen LogP contribution is -2.30. The second-order valence-corrected chi connectivity index (χ2v) is 9.77. The Bertz CT molecular complexity index is 860. The summed E-state index contributed by atoms with van der Waals surface area (Å²) in [4.78, 5) is 23.9. The largest absolute Gasteiger partial charge is 0.460 e. The van der Waals surface area contributed by atoms with Gasteiger partial charge in [-0.15, -0.1) is 0 Å². The molecule has 0 bridgehead atoms. The normalized spacial score (nSPS) is 13.9. The first-order chi connectivity index (χ1) is 14.8. The first-order valence-electron chi connectivity index (χ1n) is 11.4. The average Bonchev–Trinajstić information content (AvgIpc) is 2.76. The van der Waals surface area contributed by atoms with Crippen LogP contribution in [0.1, 0.15) is 71.3 Å². The molecule has 0 aromatic heterocycles. The third-order valence-electron chi connectivity index (χ3n) is 5.69. The maximum Gasteiger partial charge on any atom is 0.309 e. The maximum atomic E-state index is 12.1. The van der Waals surface area contributed by atoms with E-state index in [9.17, 15) is 9.59 Å². The van der Waals surface area contributed by atoms with E-state index < -0.39 is 5.60 Å². The third-order valence-corrected chi connectivity index (χ3v) is 5.69. The summed E-state index contributed by atoms with van der Waals surface area (Å²) < 4.78 is 5.43. The van der Waals surface area contributed by atoms with E-state index >= 15 is 0 Å². The maximum absolute atomic E-state index is 12.1. The van der Waals surface area contributed by atoms with E-state index in [1.165, 1.54) is 0 Å². The molecular weight excluding hydrogens is 396 g/mol. The van der Waals surface area contributed by atoms with Crippen LogP contribution < -0.4 is 0 Å². The number of allylic oxidation sites excluding steroid dienone is 1. The van der Waals surface area contributed by atoms with Crippen LogP contribution in [0.5, 0.6) is 0 Å². The second kappa shape index (κ2) is 12.4. The number of benzene rings is 2. The van der Waals surface area contributed by atoms with Crippen molar-refractivity contribution >= 4 is 17.3 Å². The molecular formula is C29H40O3. The summed E-state index contributed by atoms with van der Waals surface area (Å²) in [5.74, 6) is 0.451. The summed E-state index contributed by atoms with van der Waals surface area (Å²) in [5.41, 5.74) is 2.42. The molecule has 2 aromatic rings. The molecule has 0 fully saturated rings. The van der Waals surface area contributed by atoms with Gasteiger partial charge in [0.2, 0.25) is 0 Å². The molecule has 0 aliphatic carbocycles. The zero-order valence-electron chi connectivity index (χ0n) is 21.0. The van der Waals surface area contributed by atoms with E-state index in [2.05, 4.69) is 20.4 Å². The van der Waals surface area contributed by atoms with Crippen LogP contribution in [0.25, 0.3) is 5.57 Å². The molecule has 32 heavy (non-hydrogen) atoms. The Morgan fingerprint density at radius 2 is 1.16 bits per heavy atom. The number of carbonyl (C=O) groups excluding carboxylic acids is 2. The molecule has 174 valence electrons. The summed E-state index contributed by atoms with van der Waals surface area (Å²) in [6, 6.07) is 19.4. The Morgan fingerprint density at radius 3 is 1.56 bits per heavy atom. The molecule has 0 saturated carbocycles. The van der Waals surface area contributed by atoms with Crippen LogP contribution in [-0.2, 0) is 9.53 Å². The minimum absolute atomic E-state index is 0.0530. The van der Waals surface area contributed by atoms with Gasteiger partial charge in [0.15, 0.2) is 5.78 Å². The highest BCUT2D eigenvalue weighted by atomic mass is 16.6. The molecule has 0 spiro atoms. The standard InChI is InChI=1S/C17H24O2.C12H16O/c1-12(13(2)15-10-8-7-9-11-15)14(3)16(18)19-17(4,5)6;1-9(2)10(3)12(13)11-7-5-4-6-8-11/h7-12,14H,2H2,1,3-6H3;4-10H,1-3H3/t12-,14+;10-/m10/s1. The molecule has 3 atom stereocenters. The van der Waals surface area contributed by atoms with Crippen LogP contribution in [-0.4, -0.2) is 17.4 Å². The lowest BCUT2D eigenvalue weighted by atomic mass is 9.85. The van der Waals surface area contributed by atoms with Gasteiger partial charge in [0.1, 0.15) is 5.60 Å². The van der Waals surface area contributed by atoms with Gasteiger partial charge in [0.05, 0.1) is 5.92 Å². The first kappa shape index (κ1) is 27.4. The lowest BCUT2D eigenvalue weighted by Gasteiger charge is -2.26. The molecule has 2 rings (SSSR count). The second-order valence-electron chi connectivity index (χ2n) is 9.77. The van der Waals surface area contributed by atoms with Crippen molar-refractivity contribution in [1.82, 2.24) is 0 Å². The van der Waals surface area contributed by atoms with E-state index in [1.807, 2.05) is 102 Å². The van der Waals surface area contributed by atoms with Crippen molar-refractivity contribution in [2.45, 2.75) is 61.0 Å². The topological polar surface area (TPSA) is 43.4 Å². The predicted molar refractivity (Wildman–Crippen MR) is 134 cm³/mol. The number of hydrogen-bond acceptors (Lipinski definition) is 3. The van der Waals surface area contributed by atoms with E-state index in [-0.39, 0.29) is 29.5 Å². The zero-order valence-corrected chi connectivity index (χ0v) is 21.0. The van der Waals surface area contributed by atoms with Gasteiger partial charge in [-0.1, -0.05) is 102 Å². The van der Waals surface area contributed by atoms with Gasteiger partial charge < -0.3 is 4.74 Å². The number of ketones is 1. The monoisotopic (exact) mass is 436 g/mol. The SMILES string of the molecule is C=C(c1ccccc1)[C@@H](C)[C@H](C)C(=O)OC(C)(C)C.CC(C)[C@H](C)C(=O)c1ccccc1. The van der Waals surface area contributed by atoms with Crippen LogP contribution in [0.2, 0.25) is 0 Å². The molecule has 0 N–H and O–H groups in total. The van der Waals surface area contributed by atoms with Crippen LogP contribution in [0.15, 0.2) is 67.2 Å². The van der Waals surface area contributed by atoms with E-state index in [0.29, 0.717) is 5.92 Å². The van der Waals surface area contributed by atoms with Gasteiger partial charge in [-0.2, -0.15) is 0 Å².